The average Bonchev–Trinajstić information content (AvgIpc) is 3.26. The number of anilines is 1. The Morgan fingerprint density at radius 3 is 2.56 bits per heavy atom. The van der Waals surface area contributed by atoms with Gasteiger partial charge in [-0.25, -0.2) is 4.79 Å². The fourth-order valence-corrected chi connectivity index (χ4v) is 4.90. The molecule has 34 heavy (non-hydrogen) atoms. The number of carbonyl (C=O) groups excluding carboxylic acids is 2. The quantitative estimate of drug-likeness (QED) is 0.223. The van der Waals surface area contributed by atoms with Gasteiger partial charge in [0.2, 0.25) is 5.55 Å². The second-order valence-electron chi connectivity index (χ2n) is 7.49. The minimum Gasteiger partial charge on any atom is -0.465 e. The summed E-state index contributed by atoms with van der Waals surface area (Å²) in [5.41, 5.74) is 1.91. The SMILES string of the molecule is COC(=O)c1c(-c2ccc(Cl)cc2)csc1NC(=O)c1cc2c(ccc3ccccc32)oc1=N. The number of halogens is 1. The maximum absolute atomic E-state index is 13.2. The summed E-state index contributed by atoms with van der Waals surface area (Å²) in [5.74, 6) is -1.14. The summed E-state index contributed by atoms with van der Waals surface area (Å²) in [6, 6.07) is 20.1. The Kier molecular flexibility index (Phi) is 5.65. The van der Waals surface area contributed by atoms with Crippen molar-refractivity contribution >= 4 is 61.6 Å². The number of thiophene rings is 1. The van der Waals surface area contributed by atoms with Crippen molar-refractivity contribution in [3.05, 3.63) is 93.8 Å². The van der Waals surface area contributed by atoms with Gasteiger partial charge >= 0.3 is 5.97 Å². The molecule has 0 spiro atoms. The summed E-state index contributed by atoms with van der Waals surface area (Å²) in [7, 11) is 1.28. The zero-order valence-electron chi connectivity index (χ0n) is 17.8. The number of carbonyl (C=O) groups is 2. The van der Waals surface area contributed by atoms with E-state index in [0.717, 1.165) is 21.7 Å². The van der Waals surface area contributed by atoms with Crippen molar-refractivity contribution in [3.8, 4) is 11.1 Å². The molecular weight excluding hydrogens is 472 g/mol. The van der Waals surface area contributed by atoms with Gasteiger partial charge in [-0.05, 0) is 40.6 Å². The number of ether oxygens (including phenoxy) is 1. The molecule has 2 N–H and O–H groups in total. The van der Waals surface area contributed by atoms with Crippen LogP contribution in [0, 0.1) is 5.41 Å². The zero-order chi connectivity index (χ0) is 23.8. The van der Waals surface area contributed by atoms with Crippen LogP contribution in [-0.2, 0) is 4.74 Å². The lowest BCUT2D eigenvalue weighted by atomic mass is 10.0. The standard InChI is InChI=1S/C26H17ClN2O4S/c1-32-26(31)22-20(15-6-9-16(27)10-7-15)13-34-25(22)29-24(30)19-12-18-17-5-3-2-4-14(17)8-11-21(18)33-23(19)28/h2-13,28H,1H3,(H,29,30). The van der Waals surface area contributed by atoms with Crippen molar-refractivity contribution in [2.45, 2.75) is 0 Å². The third kappa shape index (κ3) is 3.85. The predicted molar refractivity (Wildman–Crippen MR) is 134 cm³/mol. The summed E-state index contributed by atoms with van der Waals surface area (Å²) >= 11 is 7.19. The second-order valence-corrected chi connectivity index (χ2v) is 8.81. The third-order valence-corrected chi connectivity index (χ3v) is 6.63. The minimum atomic E-state index is -0.582. The molecule has 0 unspecified atom stereocenters. The van der Waals surface area contributed by atoms with Crippen LogP contribution in [0.15, 0.2) is 76.5 Å². The van der Waals surface area contributed by atoms with Crippen molar-refractivity contribution < 1.29 is 18.7 Å². The molecule has 0 radical (unpaired) electrons. The normalized spacial score (nSPS) is 11.0. The van der Waals surface area contributed by atoms with Crippen LogP contribution in [0.4, 0.5) is 5.00 Å². The van der Waals surface area contributed by atoms with Gasteiger partial charge in [0, 0.05) is 21.4 Å². The molecule has 0 saturated heterocycles. The first-order chi connectivity index (χ1) is 16.5. The molecule has 2 aromatic heterocycles. The van der Waals surface area contributed by atoms with Crippen molar-refractivity contribution in [1.29, 1.82) is 5.41 Å². The van der Waals surface area contributed by atoms with Crippen molar-refractivity contribution in [2.24, 2.45) is 0 Å². The number of amides is 1. The average molecular weight is 489 g/mol. The number of hydrogen-bond donors (Lipinski definition) is 2. The van der Waals surface area contributed by atoms with E-state index < -0.39 is 11.9 Å². The first-order valence-corrected chi connectivity index (χ1v) is 11.5. The van der Waals surface area contributed by atoms with E-state index in [1.165, 1.54) is 18.4 Å². The van der Waals surface area contributed by atoms with Crippen LogP contribution in [0.5, 0.6) is 0 Å². The molecule has 0 atom stereocenters. The first-order valence-electron chi connectivity index (χ1n) is 10.2. The summed E-state index contributed by atoms with van der Waals surface area (Å²) in [5, 5.41) is 16.3. The summed E-state index contributed by atoms with van der Waals surface area (Å²) < 4.78 is 10.6. The molecule has 6 nitrogen and oxygen atoms in total. The van der Waals surface area contributed by atoms with E-state index >= 15 is 0 Å². The van der Waals surface area contributed by atoms with E-state index in [1.54, 1.807) is 41.8 Å². The molecule has 168 valence electrons. The Morgan fingerprint density at radius 2 is 1.79 bits per heavy atom. The second kappa shape index (κ2) is 8.78. The van der Waals surface area contributed by atoms with Crippen LogP contribution in [0.1, 0.15) is 20.7 Å². The number of hydrogen-bond acceptors (Lipinski definition) is 6. The molecule has 5 rings (SSSR count). The van der Waals surface area contributed by atoms with Gasteiger partial charge in [0.15, 0.2) is 0 Å². The van der Waals surface area contributed by atoms with Gasteiger partial charge in [-0.2, -0.15) is 0 Å². The highest BCUT2D eigenvalue weighted by Gasteiger charge is 2.23. The molecule has 8 heteroatoms. The van der Waals surface area contributed by atoms with E-state index in [2.05, 4.69) is 5.32 Å². The van der Waals surface area contributed by atoms with Crippen LogP contribution in [0.3, 0.4) is 0 Å². The van der Waals surface area contributed by atoms with Gasteiger partial charge in [0.1, 0.15) is 21.7 Å². The van der Waals surface area contributed by atoms with E-state index in [-0.39, 0.29) is 16.7 Å². The molecule has 0 saturated carbocycles. The van der Waals surface area contributed by atoms with Gasteiger partial charge in [-0.3, -0.25) is 10.2 Å². The lowest BCUT2D eigenvalue weighted by molar-refractivity contribution is 0.0603. The smallest absolute Gasteiger partial charge is 0.341 e. The molecule has 0 aliphatic rings. The van der Waals surface area contributed by atoms with Crippen molar-refractivity contribution in [3.63, 3.8) is 0 Å². The molecule has 0 aliphatic heterocycles. The molecule has 0 aliphatic carbocycles. The molecule has 0 bridgehead atoms. The first kappa shape index (κ1) is 21.9. The predicted octanol–water partition coefficient (Wildman–Crippen LogP) is 6.49. The lowest BCUT2D eigenvalue weighted by Gasteiger charge is -2.09. The van der Waals surface area contributed by atoms with Gasteiger partial charge in [-0.1, -0.05) is 54.1 Å². The van der Waals surface area contributed by atoms with Gasteiger partial charge in [-0.15, -0.1) is 11.3 Å². The van der Waals surface area contributed by atoms with E-state index in [4.69, 9.17) is 26.2 Å². The van der Waals surface area contributed by atoms with Gasteiger partial charge < -0.3 is 14.5 Å². The molecule has 0 fully saturated rings. The third-order valence-electron chi connectivity index (χ3n) is 5.48. The van der Waals surface area contributed by atoms with Gasteiger partial charge in [0.25, 0.3) is 5.91 Å². The fraction of sp³-hybridized carbons (Fsp3) is 0.0385. The number of esters is 1. The Bertz CT molecular complexity index is 1640. The Hall–Kier alpha value is -3.94. The lowest BCUT2D eigenvalue weighted by Crippen LogP contribution is -2.21. The molecule has 5 aromatic rings. The Balaban J connectivity index is 1.57. The van der Waals surface area contributed by atoms with Crippen LogP contribution in [-0.4, -0.2) is 19.0 Å². The Labute approximate surface area is 202 Å². The van der Waals surface area contributed by atoms with Crippen molar-refractivity contribution in [2.75, 3.05) is 12.4 Å². The minimum absolute atomic E-state index is 0.0566. The monoisotopic (exact) mass is 488 g/mol. The van der Waals surface area contributed by atoms with Crippen LogP contribution in [0.2, 0.25) is 5.02 Å². The maximum Gasteiger partial charge on any atom is 0.341 e. The highest BCUT2D eigenvalue weighted by atomic mass is 35.5. The van der Waals surface area contributed by atoms with E-state index in [0.29, 0.717) is 21.2 Å². The maximum atomic E-state index is 13.2. The van der Waals surface area contributed by atoms with Crippen LogP contribution >= 0.6 is 22.9 Å². The summed E-state index contributed by atoms with van der Waals surface area (Å²) in [4.78, 5) is 25.8. The molecule has 2 heterocycles. The topological polar surface area (TPSA) is 92.4 Å². The number of methoxy groups -OCH3 is 1. The molecular formula is C26H17ClN2O4S. The number of fused-ring (bicyclic) bond motifs is 3. The number of benzene rings is 3. The number of nitrogens with one attached hydrogen (secondary N) is 2. The molecule has 1 amide bonds. The van der Waals surface area contributed by atoms with E-state index in [1.807, 2.05) is 30.3 Å². The fourth-order valence-electron chi connectivity index (χ4n) is 3.82. The van der Waals surface area contributed by atoms with Gasteiger partial charge in [0.05, 0.1) is 7.11 Å². The van der Waals surface area contributed by atoms with E-state index in [9.17, 15) is 9.59 Å². The van der Waals surface area contributed by atoms with Crippen LogP contribution < -0.4 is 10.9 Å². The van der Waals surface area contributed by atoms with Crippen molar-refractivity contribution in [1.82, 2.24) is 0 Å². The number of rotatable bonds is 4. The summed E-state index contributed by atoms with van der Waals surface area (Å²) in [6.45, 7) is 0. The highest BCUT2D eigenvalue weighted by molar-refractivity contribution is 7.15. The summed E-state index contributed by atoms with van der Waals surface area (Å²) in [6.07, 6.45) is 0. The zero-order valence-corrected chi connectivity index (χ0v) is 19.4. The molecule has 3 aromatic carbocycles. The van der Waals surface area contributed by atoms with Crippen LogP contribution in [0.25, 0.3) is 32.9 Å². The highest BCUT2D eigenvalue weighted by Crippen LogP contribution is 2.37. The largest absolute Gasteiger partial charge is 0.465 e. The Morgan fingerprint density at radius 1 is 1.03 bits per heavy atom.